The summed E-state index contributed by atoms with van der Waals surface area (Å²) in [5.74, 6) is -0.665. The number of nitrogens with two attached hydrogens (primary N) is 1. The van der Waals surface area contributed by atoms with Gasteiger partial charge in [-0.2, -0.15) is 0 Å². The van der Waals surface area contributed by atoms with Crippen molar-refractivity contribution >= 4 is 17.4 Å². The molecule has 0 atom stereocenters. The number of ketones is 1. The second-order valence-corrected chi connectivity index (χ2v) is 5.21. The van der Waals surface area contributed by atoms with E-state index in [1.807, 2.05) is 49.3 Å². The number of Topliss-reactive ketones (excluding diaryl/α,β-unsaturated/α-hetero) is 1. The zero-order chi connectivity index (χ0) is 16.0. The van der Waals surface area contributed by atoms with Crippen molar-refractivity contribution in [2.24, 2.45) is 5.73 Å². The number of nitrogens with zero attached hydrogens (tertiary/aromatic N) is 2. The van der Waals surface area contributed by atoms with Gasteiger partial charge in [-0.15, -0.1) is 0 Å². The first-order valence-electron chi connectivity index (χ1n) is 6.83. The van der Waals surface area contributed by atoms with Gasteiger partial charge in [0.1, 0.15) is 5.57 Å². The van der Waals surface area contributed by atoms with E-state index in [4.69, 9.17) is 5.73 Å². The number of carbonyl (C=O) groups is 2. The number of allylic oxidation sites excluding steroid dienone is 1. The molecule has 21 heavy (non-hydrogen) atoms. The molecule has 0 aliphatic rings. The standard InChI is InChI=1S/C16H23N3O2/c1-12(17)15(13(2)20)16(21)19(11-10-18(3)4)14-8-6-5-7-9-14/h5-9H,10-11,17H2,1-4H3. The highest BCUT2D eigenvalue weighted by molar-refractivity contribution is 6.24. The molecular formula is C16H23N3O2. The SMILES string of the molecule is CC(=O)C(C(=O)N(CCN(C)C)c1ccccc1)=C(C)N. The summed E-state index contributed by atoms with van der Waals surface area (Å²) in [7, 11) is 3.87. The summed E-state index contributed by atoms with van der Waals surface area (Å²) in [5.41, 5.74) is 6.77. The minimum atomic E-state index is -0.351. The molecule has 0 aliphatic heterocycles. The summed E-state index contributed by atoms with van der Waals surface area (Å²) in [5, 5.41) is 0. The van der Waals surface area contributed by atoms with Crippen LogP contribution in [0.5, 0.6) is 0 Å². The average Bonchev–Trinajstić information content (AvgIpc) is 2.38. The molecule has 1 rings (SSSR count). The van der Waals surface area contributed by atoms with Gasteiger partial charge < -0.3 is 15.5 Å². The first-order valence-corrected chi connectivity index (χ1v) is 6.83. The lowest BCUT2D eigenvalue weighted by molar-refractivity contribution is -0.120. The minimum Gasteiger partial charge on any atom is -0.402 e. The zero-order valence-electron chi connectivity index (χ0n) is 13.1. The van der Waals surface area contributed by atoms with Crippen LogP contribution in [0.3, 0.4) is 0 Å². The number of amides is 1. The fraction of sp³-hybridized carbons (Fsp3) is 0.375. The number of anilines is 1. The lowest BCUT2D eigenvalue weighted by Crippen LogP contribution is -2.39. The normalized spacial score (nSPS) is 12.0. The lowest BCUT2D eigenvalue weighted by Gasteiger charge is -2.25. The predicted octanol–water partition coefficient (Wildman–Crippen LogP) is 1.40. The Balaban J connectivity index is 3.15. The third-order valence-corrected chi connectivity index (χ3v) is 3.04. The third kappa shape index (κ3) is 4.72. The highest BCUT2D eigenvalue weighted by atomic mass is 16.2. The van der Waals surface area contributed by atoms with Crippen molar-refractivity contribution in [1.29, 1.82) is 0 Å². The molecule has 2 N–H and O–H groups in total. The van der Waals surface area contributed by atoms with Crippen LogP contribution in [0.25, 0.3) is 0 Å². The summed E-state index contributed by atoms with van der Waals surface area (Å²) in [6, 6.07) is 9.29. The molecule has 0 bridgehead atoms. The molecule has 0 heterocycles. The first-order chi connectivity index (χ1) is 9.84. The van der Waals surface area contributed by atoms with Crippen LogP contribution in [-0.4, -0.2) is 43.8 Å². The fourth-order valence-electron chi connectivity index (χ4n) is 1.99. The van der Waals surface area contributed by atoms with E-state index < -0.39 is 0 Å². The molecular weight excluding hydrogens is 266 g/mol. The zero-order valence-corrected chi connectivity index (χ0v) is 13.1. The monoisotopic (exact) mass is 289 g/mol. The fourth-order valence-corrected chi connectivity index (χ4v) is 1.99. The van der Waals surface area contributed by atoms with E-state index in [2.05, 4.69) is 0 Å². The Labute approximate surface area is 126 Å². The van der Waals surface area contributed by atoms with Gasteiger partial charge in [-0.1, -0.05) is 18.2 Å². The maximum Gasteiger partial charge on any atom is 0.263 e. The highest BCUT2D eigenvalue weighted by Crippen LogP contribution is 2.17. The van der Waals surface area contributed by atoms with Crippen molar-refractivity contribution in [3.63, 3.8) is 0 Å². The molecule has 5 heteroatoms. The Morgan fingerprint density at radius 2 is 1.62 bits per heavy atom. The number of hydrogen-bond donors (Lipinski definition) is 1. The van der Waals surface area contributed by atoms with E-state index in [1.165, 1.54) is 6.92 Å². The lowest BCUT2D eigenvalue weighted by atomic mass is 10.1. The van der Waals surface area contributed by atoms with Gasteiger partial charge in [0.05, 0.1) is 0 Å². The molecule has 0 aromatic heterocycles. The van der Waals surface area contributed by atoms with Crippen LogP contribution in [0.15, 0.2) is 41.6 Å². The molecule has 1 aromatic rings. The summed E-state index contributed by atoms with van der Waals surface area (Å²) in [6.45, 7) is 4.11. The number of benzene rings is 1. The van der Waals surface area contributed by atoms with Gasteiger partial charge in [0.25, 0.3) is 5.91 Å². The maximum atomic E-state index is 12.7. The van der Waals surface area contributed by atoms with Crippen LogP contribution >= 0.6 is 0 Å². The maximum absolute atomic E-state index is 12.7. The number of rotatable bonds is 6. The topological polar surface area (TPSA) is 66.6 Å². The molecule has 1 aromatic carbocycles. The van der Waals surface area contributed by atoms with Gasteiger partial charge >= 0.3 is 0 Å². The van der Waals surface area contributed by atoms with Gasteiger partial charge in [-0.3, -0.25) is 9.59 Å². The van der Waals surface area contributed by atoms with Gasteiger partial charge in [-0.05, 0) is 40.1 Å². The third-order valence-electron chi connectivity index (χ3n) is 3.04. The molecule has 0 fully saturated rings. The number of likely N-dealkylation sites (N-methyl/N-ethyl adjacent to an activating group) is 1. The van der Waals surface area contributed by atoms with E-state index in [0.29, 0.717) is 13.1 Å². The van der Waals surface area contributed by atoms with Gasteiger partial charge in [0, 0.05) is 24.5 Å². The summed E-state index contributed by atoms with van der Waals surface area (Å²) in [4.78, 5) is 28.0. The largest absolute Gasteiger partial charge is 0.402 e. The van der Waals surface area contributed by atoms with Crippen molar-refractivity contribution < 1.29 is 9.59 Å². The Morgan fingerprint density at radius 3 is 2.05 bits per heavy atom. The number of hydrogen-bond acceptors (Lipinski definition) is 4. The number of carbonyl (C=O) groups excluding carboxylic acids is 2. The smallest absolute Gasteiger partial charge is 0.263 e. The quantitative estimate of drug-likeness (QED) is 0.488. The molecule has 5 nitrogen and oxygen atoms in total. The van der Waals surface area contributed by atoms with Crippen LogP contribution in [0.4, 0.5) is 5.69 Å². The van der Waals surface area contributed by atoms with Crippen molar-refractivity contribution in [1.82, 2.24) is 4.90 Å². The summed E-state index contributed by atoms with van der Waals surface area (Å²) < 4.78 is 0. The van der Waals surface area contributed by atoms with E-state index in [9.17, 15) is 9.59 Å². The second-order valence-electron chi connectivity index (χ2n) is 5.21. The second kappa shape index (κ2) is 7.59. The predicted molar refractivity (Wildman–Crippen MR) is 84.9 cm³/mol. The molecule has 0 saturated carbocycles. The van der Waals surface area contributed by atoms with Gasteiger partial charge in [0.15, 0.2) is 5.78 Å². The van der Waals surface area contributed by atoms with E-state index in [0.717, 1.165) is 5.69 Å². The van der Waals surface area contributed by atoms with Crippen LogP contribution < -0.4 is 10.6 Å². The molecule has 0 unspecified atom stereocenters. The van der Waals surface area contributed by atoms with Crippen molar-refractivity contribution in [2.45, 2.75) is 13.8 Å². The van der Waals surface area contributed by atoms with Gasteiger partial charge in [-0.25, -0.2) is 0 Å². The molecule has 0 radical (unpaired) electrons. The van der Waals surface area contributed by atoms with Gasteiger partial charge in [0.2, 0.25) is 0 Å². The molecule has 0 aliphatic carbocycles. The Morgan fingerprint density at radius 1 is 1.05 bits per heavy atom. The Bertz CT molecular complexity index is 532. The first kappa shape index (κ1) is 16.9. The van der Waals surface area contributed by atoms with Crippen molar-refractivity contribution in [3.8, 4) is 0 Å². The van der Waals surface area contributed by atoms with Crippen molar-refractivity contribution in [3.05, 3.63) is 41.6 Å². The molecule has 114 valence electrons. The average molecular weight is 289 g/mol. The number of para-hydroxylation sites is 1. The Hall–Kier alpha value is -2.14. The van der Waals surface area contributed by atoms with Crippen LogP contribution in [0.1, 0.15) is 13.8 Å². The molecule has 0 saturated heterocycles. The van der Waals surface area contributed by atoms with E-state index in [-0.39, 0.29) is 23.0 Å². The summed E-state index contributed by atoms with van der Waals surface area (Å²) in [6.07, 6.45) is 0. The van der Waals surface area contributed by atoms with Crippen LogP contribution in [0.2, 0.25) is 0 Å². The van der Waals surface area contributed by atoms with E-state index >= 15 is 0 Å². The van der Waals surface area contributed by atoms with Crippen LogP contribution in [0, 0.1) is 0 Å². The summed E-state index contributed by atoms with van der Waals surface area (Å²) >= 11 is 0. The highest BCUT2D eigenvalue weighted by Gasteiger charge is 2.24. The van der Waals surface area contributed by atoms with Crippen molar-refractivity contribution in [2.75, 3.05) is 32.1 Å². The van der Waals surface area contributed by atoms with E-state index in [1.54, 1.807) is 11.8 Å². The molecule has 1 amide bonds. The van der Waals surface area contributed by atoms with Crippen LogP contribution in [-0.2, 0) is 9.59 Å². The Kier molecular flexibility index (Phi) is 6.11. The molecule has 0 spiro atoms. The minimum absolute atomic E-state index is 0.0533.